The zero-order valence-corrected chi connectivity index (χ0v) is 17.0. The number of carbonyl (C=O) groups excluding carboxylic acids is 1. The second-order valence-electron chi connectivity index (χ2n) is 7.21. The Morgan fingerprint density at radius 3 is 2.57 bits per heavy atom. The van der Waals surface area contributed by atoms with Crippen LogP contribution in [0.4, 0.5) is 0 Å². The zero-order chi connectivity index (χ0) is 21.1. The van der Waals surface area contributed by atoms with Gasteiger partial charge in [-0.05, 0) is 34.9 Å². The van der Waals surface area contributed by atoms with Crippen LogP contribution in [0, 0.1) is 0 Å². The fourth-order valence-corrected chi connectivity index (χ4v) is 4.49. The Balaban J connectivity index is 1.42. The molecule has 4 aromatic rings. The minimum Gasteiger partial charge on any atom is -0.426 e. The molecule has 1 heterocycles. The molecule has 0 saturated carbocycles. The molecule has 3 aromatic carbocycles. The van der Waals surface area contributed by atoms with E-state index in [9.17, 15) is 19.6 Å². The maximum absolute atomic E-state index is 12.5. The van der Waals surface area contributed by atoms with Gasteiger partial charge in [0.2, 0.25) is 5.91 Å². The lowest BCUT2D eigenvalue weighted by Gasteiger charge is -2.18. The molecule has 0 fully saturated rings. The van der Waals surface area contributed by atoms with Crippen molar-refractivity contribution in [3.05, 3.63) is 82.0 Å². The molecule has 1 atom stereocenters. The van der Waals surface area contributed by atoms with Gasteiger partial charge in [-0.3, -0.25) is 14.2 Å². The molecule has 0 aliphatic carbocycles. The van der Waals surface area contributed by atoms with Crippen molar-refractivity contribution in [3.8, 4) is 0 Å². The van der Waals surface area contributed by atoms with Crippen molar-refractivity contribution >= 4 is 45.4 Å². The van der Waals surface area contributed by atoms with Gasteiger partial charge in [0.25, 0.3) is 0 Å². The number of nitrogens with one attached hydrogen (secondary N) is 1. The number of aromatic nitrogens is 1. The molecule has 1 aromatic heterocycles. The van der Waals surface area contributed by atoms with E-state index < -0.39 is 13.1 Å². The van der Waals surface area contributed by atoms with Crippen LogP contribution in [0.25, 0.3) is 21.0 Å². The summed E-state index contributed by atoms with van der Waals surface area (Å²) in [6, 6.07) is 21.2. The summed E-state index contributed by atoms with van der Waals surface area (Å²) >= 11 is 1.15. The van der Waals surface area contributed by atoms with E-state index in [1.807, 2.05) is 66.7 Å². The lowest BCUT2D eigenvalue weighted by molar-refractivity contribution is -0.121. The average molecular weight is 420 g/mol. The number of para-hydroxylation sites is 1. The van der Waals surface area contributed by atoms with Gasteiger partial charge in [-0.1, -0.05) is 65.9 Å². The standard InChI is InChI=1S/C22H21BN2O4S/c26-21(11-12-25-18-7-3-4-8-19(18)30-22(25)27)24-20(23(28)29)14-15-9-10-16-5-1-2-6-17(16)13-15/h1-10,13,20,28-29H,11-12,14H2,(H,24,26). The van der Waals surface area contributed by atoms with Crippen LogP contribution in [0.15, 0.2) is 71.5 Å². The number of nitrogens with zero attached hydrogens (tertiary/aromatic N) is 1. The van der Waals surface area contributed by atoms with Crippen molar-refractivity contribution in [2.24, 2.45) is 0 Å². The quantitative estimate of drug-likeness (QED) is 0.401. The third-order valence-corrected chi connectivity index (χ3v) is 6.07. The highest BCUT2D eigenvalue weighted by Crippen LogP contribution is 2.18. The number of fused-ring (bicyclic) bond motifs is 2. The van der Waals surface area contributed by atoms with E-state index in [0.717, 1.165) is 37.9 Å². The van der Waals surface area contributed by atoms with Crippen LogP contribution >= 0.6 is 11.3 Å². The summed E-state index contributed by atoms with van der Waals surface area (Å²) in [4.78, 5) is 24.5. The third kappa shape index (κ3) is 4.46. The van der Waals surface area contributed by atoms with Crippen LogP contribution in [0.1, 0.15) is 12.0 Å². The first-order valence-electron chi connectivity index (χ1n) is 9.73. The maximum atomic E-state index is 12.5. The Kier molecular flexibility index (Phi) is 5.99. The topological polar surface area (TPSA) is 91.6 Å². The van der Waals surface area contributed by atoms with Crippen LogP contribution < -0.4 is 10.2 Å². The number of benzene rings is 3. The SMILES string of the molecule is O=C(CCn1c(=O)sc2ccccc21)NC(Cc1ccc2ccccc2c1)B(O)O. The van der Waals surface area contributed by atoms with Crippen molar-refractivity contribution in [1.29, 1.82) is 0 Å². The average Bonchev–Trinajstić information content (AvgIpc) is 3.06. The van der Waals surface area contributed by atoms with Crippen molar-refractivity contribution in [1.82, 2.24) is 9.88 Å². The molecule has 0 radical (unpaired) electrons. The molecule has 8 heteroatoms. The molecular weight excluding hydrogens is 399 g/mol. The summed E-state index contributed by atoms with van der Waals surface area (Å²) in [6.07, 6.45) is 0.358. The van der Waals surface area contributed by atoms with Gasteiger partial charge in [0.15, 0.2) is 0 Å². The van der Waals surface area contributed by atoms with Gasteiger partial charge in [-0.2, -0.15) is 0 Å². The van der Waals surface area contributed by atoms with Gasteiger partial charge in [0.1, 0.15) is 0 Å². The predicted molar refractivity (Wildman–Crippen MR) is 120 cm³/mol. The number of aryl methyl sites for hydroxylation is 1. The molecule has 152 valence electrons. The third-order valence-electron chi connectivity index (χ3n) is 5.11. The Labute approximate surface area is 177 Å². The van der Waals surface area contributed by atoms with Crippen LogP contribution in [-0.2, 0) is 17.8 Å². The number of thiazole rings is 1. The molecule has 1 amide bonds. The molecule has 0 aliphatic heterocycles. The van der Waals surface area contributed by atoms with Crippen molar-refractivity contribution in [2.75, 3.05) is 0 Å². The summed E-state index contributed by atoms with van der Waals surface area (Å²) in [7, 11) is -1.69. The highest BCUT2D eigenvalue weighted by atomic mass is 32.1. The molecule has 4 rings (SSSR count). The number of amides is 1. The van der Waals surface area contributed by atoms with Gasteiger partial charge in [-0.15, -0.1) is 0 Å². The summed E-state index contributed by atoms with van der Waals surface area (Å²) in [5.74, 6) is -1.18. The van der Waals surface area contributed by atoms with Gasteiger partial charge < -0.3 is 15.4 Å². The van der Waals surface area contributed by atoms with Crippen molar-refractivity contribution < 1.29 is 14.8 Å². The fraction of sp³-hybridized carbons (Fsp3) is 0.182. The minimum atomic E-state index is -1.69. The second-order valence-corrected chi connectivity index (χ2v) is 8.20. The number of rotatable bonds is 7. The Bertz CT molecular complexity index is 1250. The highest BCUT2D eigenvalue weighted by Gasteiger charge is 2.25. The maximum Gasteiger partial charge on any atom is 0.475 e. The smallest absolute Gasteiger partial charge is 0.426 e. The molecule has 1 unspecified atom stereocenters. The summed E-state index contributed by atoms with van der Waals surface area (Å²) in [5.41, 5.74) is 1.70. The summed E-state index contributed by atoms with van der Waals surface area (Å²) in [6.45, 7) is 0.235. The molecular formula is C22H21BN2O4S. The highest BCUT2D eigenvalue weighted by molar-refractivity contribution is 7.16. The van der Waals surface area contributed by atoms with Gasteiger partial charge in [-0.25, -0.2) is 0 Å². The van der Waals surface area contributed by atoms with Gasteiger partial charge in [0, 0.05) is 13.0 Å². The number of hydrogen-bond donors (Lipinski definition) is 3. The van der Waals surface area contributed by atoms with Crippen LogP contribution in [0.2, 0.25) is 0 Å². The van der Waals surface area contributed by atoms with Crippen LogP contribution in [0.3, 0.4) is 0 Å². The fourth-order valence-electron chi connectivity index (χ4n) is 3.57. The van der Waals surface area contributed by atoms with Gasteiger partial charge >= 0.3 is 12.0 Å². The normalized spacial score (nSPS) is 12.2. The van der Waals surface area contributed by atoms with E-state index in [0.29, 0.717) is 0 Å². The molecule has 6 nitrogen and oxygen atoms in total. The number of carbonyl (C=O) groups is 1. The summed E-state index contributed by atoms with van der Waals surface area (Å²) < 4.78 is 2.45. The van der Waals surface area contributed by atoms with E-state index in [4.69, 9.17) is 0 Å². The van der Waals surface area contributed by atoms with Crippen molar-refractivity contribution in [3.63, 3.8) is 0 Å². The molecule has 30 heavy (non-hydrogen) atoms. The van der Waals surface area contributed by atoms with E-state index in [1.54, 1.807) is 4.57 Å². The van der Waals surface area contributed by atoms with Crippen LogP contribution in [-0.4, -0.2) is 33.6 Å². The Morgan fingerprint density at radius 1 is 1.03 bits per heavy atom. The lowest BCUT2D eigenvalue weighted by atomic mass is 9.75. The molecule has 0 aliphatic rings. The Hall–Kier alpha value is -2.94. The Morgan fingerprint density at radius 2 is 1.77 bits per heavy atom. The first kappa shape index (κ1) is 20.3. The molecule has 0 spiro atoms. The van der Waals surface area contributed by atoms with Gasteiger partial charge in [0.05, 0.1) is 16.2 Å². The van der Waals surface area contributed by atoms with E-state index in [2.05, 4.69) is 5.32 Å². The van der Waals surface area contributed by atoms with E-state index in [1.165, 1.54) is 0 Å². The van der Waals surface area contributed by atoms with Crippen LogP contribution in [0.5, 0.6) is 0 Å². The minimum absolute atomic E-state index is 0.0710. The first-order chi connectivity index (χ1) is 14.5. The molecule has 0 saturated heterocycles. The van der Waals surface area contributed by atoms with E-state index >= 15 is 0 Å². The zero-order valence-electron chi connectivity index (χ0n) is 16.2. The molecule has 0 bridgehead atoms. The van der Waals surface area contributed by atoms with E-state index in [-0.39, 0.29) is 30.2 Å². The van der Waals surface area contributed by atoms with Crippen molar-refractivity contribution in [2.45, 2.75) is 25.3 Å². The molecule has 3 N–H and O–H groups in total. The largest absolute Gasteiger partial charge is 0.475 e. The lowest BCUT2D eigenvalue weighted by Crippen LogP contribution is -2.48. The number of hydrogen-bond acceptors (Lipinski definition) is 5. The first-order valence-corrected chi connectivity index (χ1v) is 10.5. The summed E-state index contributed by atoms with van der Waals surface area (Å²) in [5, 5.41) is 24.4. The monoisotopic (exact) mass is 420 g/mol. The predicted octanol–water partition coefficient (Wildman–Crippen LogP) is 2.35. The second kappa shape index (κ2) is 8.83.